The summed E-state index contributed by atoms with van der Waals surface area (Å²) in [5, 5.41) is 5.08. The Labute approximate surface area is 221 Å². The van der Waals surface area contributed by atoms with Gasteiger partial charge in [-0.15, -0.1) is 0 Å². The molecule has 0 bridgehead atoms. The van der Waals surface area contributed by atoms with Gasteiger partial charge in [-0.25, -0.2) is 4.79 Å². The lowest BCUT2D eigenvalue weighted by atomic mass is 9.82. The molecule has 2 N–H and O–H groups in total. The smallest absolute Gasteiger partial charge is 0.407 e. The second-order valence-electron chi connectivity index (χ2n) is 9.47. The van der Waals surface area contributed by atoms with Crippen molar-refractivity contribution in [1.82, 2.24) is 10.6 Å². The van der Waals surface area contributed by atoms with Crippen molar-refractivity contribution in [2.75, 3.05) is 19.9 Å². The molecule has 0 heterocycles. The van der Waals surface area contributed by atoms with Gasteiger partial charge in [0.2, 0.25) is 5.91 Å². The van der Waals surface area contributed by atoms with E-state index in [1.807, 2.05) is 66.7 Å². The number of benzene rings is 3. The first-order chi connectivity index (χ1) is 18.6. The highest BCUT2D eigenvalue weighted by Crippen LogP contribution is 2.44. The van der Waals surface area contributed by atoms with E-state index in [2.05, 4.69) is 22.8 Å². The fraction of sp³-hybridized carbons (Fsp3) is 0.300. The first-order valence-corrected chi connectivity index (χ1v) is 12.8. The Balaban J connectivity index is 0.954. The number of rotatable bonds is 10. The third kappa shape index (κ3) is 6.03. The van der Waals surface area contributed by atoms with E-state index in [-0.39, 0.29) is 50.4 Å². The van der Waals surface area contributed by atoms with Crippen molar-refractivity contribution in [2.24, 2.45) is 5.92 Å². The maximum Gasteiger partial charge on any atom is 0.407 e. The third-order valence-corrected chi connectivity index (χ3v) is 6.98. The van der Waals surface area contributed by atoms with Crippen LogP contribution in [-0.2, 0) is 30.4 Å². The number of hydrogen-bond donors (Lipinski definition) is 2. The van der Waals surface area contributed by atoms with Gasteiger partial charge in [-0.1, -0.05) is 78.9 Å². The number of ether oxygens (including phenoxy) is 3. The van der Waals surface area contributed by atoms with Gasteiger partial charge in [0, 0.05) is 5.92 Å². The number of fused-ring (bicyclic) bond motifs is 3. The molecule has 0 atom stereocenters. The molecule has 0 unspecified atom stereocenters. The summed E-state index contributed by atoms with van der Waals surface area (Å²) >= 11 is 0. The van der Waals surface area contributed by atoms with Crippen molar-refractivity contribution in [3.63, 3.8) is 0 Å². The molecule has 5 rings (SSSR count). The first kappa shape index (κ1) is 25.5. The molecule has 0 aromatic heterocycles. The van der Waals surface area contributed by atoms with Gasteiger partial charge in [0.15, 0.2) is 0 Å². The van der Waals surface area contributed by atoms with Gasteiger partial charge in [-0.05, 0) is 40.7 Å². The zero-order chi connectivity index (χ0) is 26.3. The number of esters is 1. The van der Waals surface area contributed by atoms with Crippen molar-refractivity contribution in [1.29, 1.82) is 0 Å². The SMILES string of the molecule is O=C(CNC(=O)OCC1c2ccccc2-c2ccccc21)NCOC1CC(C(=O)OCc2ccccc2)C1. The molecule has 3 aromatic carbocycles. The predicted molar refractivity (Wildman–Crippen MR) is 140 cm³/mol. The topological polar surface area (TPSA) is 103 Å². The monoisotopic (exact) mass is 514 g/mol. The summed E-state index contributed by atoms with van der Waals surface area (Å²) in [7, 11) is 0. The van der Waals surface area contributed by atoms with E-state index in [9.17, 15) is 14.4 Å². The van der Waals surface area contributed by atoms with Gasteiger partial charge < -0.3 is 24.8 Å². The molecule has 2 aliphatic rings. The van der Waals surface area contributed by atoms with Crippen LogP contribution < -0.4 is 10.6 Å². The molecular formula is C30H30N2O6. The molecule has 2 amide bonds. The maximum absolute atomic E-state index is 12.2. The summed E-state index contributed by atoms with van der Waals surface area (Å²) in [4.78, 5) is 36.4. The lowest BCUT2D eigenvalue weighted by Gasteiger charge is -2.33. The van der Waals surface area contributed by atoms with E-state index in [0.29, 0.717) is 12.8 Å². The summed E-state index contributed by atoms with van der Waals surface area (Å²) in [5.41, 5.74) is 5.50. The number of hydrogen-bond acceptors (Lipinski definition) is 6. The van der Waals surface area contributed by atoms with Gasteiger partial charge in [-0.2, -0.15) is 0 Å². The molecular weight excluding hydrogens is 484 g/mol. The van der Waals surface area contributed by atoms with Crippen LogP contribution in [0.25, 0.3) is 11.1 Å². The Morgan fingerprint density at radius 1 is 0.763 bits per heavy atom. The molecule has 2 aliphatic carbocycles. The quantitative estimate of drug-likeness (QED) is 0.312. The predicted octanol–water partition coefficient (Wildman–Crippen LogP) is 4.14. The fourth-order valence-corrected chi connectivity index (χ4v) is 4.85. The van der Waals surface area contributed by atoms with Crippen LogP contribution in [-0.4, -0.2) is 44.0 Å². The van der Waals surface area contributed by atoms with Crippen LogP contribution in [0.5, 0.6) is 0 Å². The lowest BCUT2D eigenvalue weighted by Crippen LogP contribution is -2.42. The Hall–Kier alpha value is -4.17. The van der Waals surface area contributed by atoms with Crippen LogP contribution in [0.15, 0.2) is 78.9 Å². The molecule has 3 aromatic rings. The van der Waals surface area contributed by atoms with E-state index >= 15 is 0 Å². The van der Waals surface area contributed by atoms with E-state index in [4.69, 9.17) is 14.2 Å². The Bertz CT molecular complexity index is 1240. The second kappa shape index (κ2) is 11.9. The van der Waals surface area contributed by atoms with Crippen molar-refractivity contribution in [3.05, 3.63) is 95.6 Å². The van der Waals surface area contributed by atoms with Gasteiger partial charge >= 0.3 is 12.1 Å². The second-order valence-corrected chi connectivity index (χ2v) is 9.47. The minimum absolute atomic E-state index is 0.00164. The summed E-state index contributed by atoms with van der Waals surface area (Å²) in [6, 6.07) is 25.7. The van der Waals surface area contributed by atoms with E-state index < -0.39 is 12.0 Å². The zero-order valence-electron chi connectivity index (χ0n) is 20.9. The molecule has 8 heteroatoms. The number of alkyl carbamates (subject to hydrolysis) is 1. The van der Waals surface area contributed by atoms with Crippen molar-refractivity contribution >= 4 is 18.0 Å². The van der Waals surface area contributed by atoms with Crippen molar-refractivity contribution < 1.29 is 28.6 Å². The van der Waals surface area contributed by atoms with Gasteiger partial charge in [0.05, 0.1) is 12.0 Å². The summed E-state index contributed by atoms with van der Waals surface area (Å²) < 4.78 is 16.4. The lowest BCUT2D eigenvalue weighted by molar-refractivity contribution is -0.160. The maximum atomic E-state index is 12.2. The van der Waals surface area contributed by atoms with Gasteiger partial charge in [-0.3, -0.25) is 9.59 Å². The zero-order valence-corrected chi connectivity index (χ0v) is 20.9. The summed E-state index contributed by atoms with van der Waals surface area (Å²) in [6.45, 7) is 0.219. The van der Waals surface area contributed by atoms with Crippen LogP contribution in [0.1, 0.15) is 35.4 Å². The van der Waals surface area contributed by atoms with Crippen molar-refractivity contribution in [3.8, 4) is 11.1 Å². The number of nitrogens with one attached hydrogen (secondary N) is 2. The summed E-state index contributed by atoms with van der Waals surface area (Å²) in [6.07, 6.45) is 0.349. The normalized spacial score (nSPS) is 17.5. The minimum Gasteiger partial charge on any atom is -0.461 e. The Morgan fingerprint density at radius 2 is 1.39 bits per heavy atom. The van der Waals surface area contributed by atoms with Crippen LogP contribution >= 0.6 is 0 Å². The molecule has 8 nitrogen and oxygen atoms in total. The average Bonchev–Trinajstić information content (AvgIpc) is 3.25. The molecule has 0 radical (unpaired) electrons. The highest BCUT2D eigenvalue weighted by atomic mass is 16.5. The van der Waals surface area contributed by atoms with Crippen molar-refractivity contribution in [2.45, 2.75) is 31.5 Å². The Kier molecular flexibility index (Phi) is 7.99. The average molecular weight is 515 g/mol. The molecule has 0 aliphatic heterocycles. The van der Waals surface area contributed by atoms with Gasteiger partial charge in [0.1, 0.15) is 26.5 Å². The van der Waals surface area contributed by atoms with E-state index in [1.165, 1.54) is 0 Å². The van der Waals surface area contributed by atoms with Gasteiger partial charge in [0.25, 0.3) is 0 Å². The molecule has 1 saturated carbocycles. The van der Waals surface area contributed by atoms with Crippen LogP contribution in [0.3, 0.4) is 0 Å². The standard InChI is InChI=1S/C30H30N2O6/c33-28(32-19-38-22-14-21(15-22)29(34)36-17-20-8-2-1-3-9-20)16-31-30(35)37-18-27-25-12-6-4-10-23(25)24-11-5-7-13-26(24)27/h1-13,21-22,27H,14-19H2,(H,31,35)(H,32,33). The van der Waals surface area contributed by atoms with E-state index in [1.54, 1.807) is 0 Å². The number of carbonyl (C=O) groups is 3. The molecule has 1 fully saturated rings. The largest absolute Gasteiger partial charge is 0.461 e. The number of amides is 2. The fourth-order valence-electron chi connectivity index (χ4n) is 4.85. The number of carbonyl (C=O) groups excluding carboxylic acids is 3. The van der Waals surface area contributed by atoms with E-state index in [0.717, 1.165) is 27.8 Å². The molecule has 196 valence electrons. The Morgan fingerprint density at radius 3 is 2.08 bits per heavy atom. The first-order valence-electron chi connectivity index (χ1n) is 12.8. The minimum atomic E-state index is -0.654. The summed E-state index contributed by atoms with van der Waals surface area (Å²) in [5.74, 6) is -0.853. The molecule has 0 saturated heterocycles. The highest BCUT2D eigenvalue weighted by molar-refractivity contribution is 5.82. The highest BCUT2D eigenvalue weighted by Gasteiger charge is 2.36. The third-order valence-electron chi connectivity index (χ3n) is 6.98. The van der Waals surface area contributed by atoms with Crippen LogP contribution in [0, 0.1) is 5.92 Å². The van der Waals surface area contributed by atoms with Crippen LogP contribution in [0.4, 0.5) is 4.79 Å². The van der Waals surface area contributed by atoms with Crippen LogP contribution in [0.2, 0.25) is 0 Å². The molecule has 0 spiro atoms. The molecule has 38 heavy (non-hydrogen) atoms.